The molecular formula is C18H31N7S. The number of hydrogen-bond donors (Lipinski definition) is 4. The van der Waals surface area contributed by atoms with Crippen molar-refractivity contribution in [2.75, 3.05) is 43.4 Å². The van der Waals surface area contributed by atoms with Crippen molar-refractivity contribution in [3.8, 4) is 0 Å². The molecule has 2 heterocycles. The monoisotopic (exact) mass is 377 g/mol. The molecule has 0 spiro atoms. The number of nitrogens with zero attached hydrogens (tertiary/aromatic N) is 3. The van der Waals surface area contributed by atoms with E-state index in [1.807, 2.05) is 0 Å². The predicted molar refractivity (Wildman–Crippen MR) is 112 cm³/mol. The molecule has 0 amide bonds. The van der Waals surface area contributed by atoms with Gasteiger partial charge in [-0.15, -0.1) is 0 Å². The van der Waals surface area contributed by atoms with Crippen LogP contribution in [0.4, 0.5) is 11.6 Å². The number of unbranched alkanes of at least 4 members (excludes halogenated alkanes) is 1. The van der Waals surface area contributed by atoms with Crippen molar-refractivity contribution in [2.24, 2.45) is 0 Å². The molecule has 0 aromatic carbocycles. The molecule has 0 aliphatic carbocycles. The van der Waals surface area contributed by atoms with Gasteiger partial charge in [-0.3, -0.25) is 0 Å². The fraction of sp³-hybridized carbons (Fsp3) is 0.667. The minimum atomic E-state index is 0.524. The van der Waals surface area contributed by atoms with Crippen LogP contribution in [-0.2, 0) is 0 Å². The Morgan fingerprint density at radius 1 is 1.19 bits per heavy atom. The third-order valence-corrected chi connectivity index (χ3v) is 4.74. The molecule has 0 radical (unpaired) electrons. The van der Waals surface area contributed by atoms with Gasteiger partial charge in [0.05, 0.1) is 5.56 Å². The van der Waals surface area contributed by atoms with Gasteiger partial charge in [-0.2, -0.15) is 0 Å². The summed E-state index contributed by atoms with van der Waals surface area (Å²) in [7, 11) is 0. The molecule has 26 heavy (non-hydrogen) atoms. The summed E-state index contributed by atoms with van der Waals surface area (Å²) in [4.78, 5) is 11.0. The van der Waals surface area contributed by atoms with Crippen LogP contribution in [0.2, 0.25) is 0 Å². The number of anilines is 2. The molecule has 4 N–H and O–H groups in total. The zero-order valence-electron chi connectivity index (χ0n) is 15.7. The summed E-state index contributed by atoms with van der Waals surface area (Å²) in [6.07, 6.45) is 10.2. The molecule has 0 bridgehead atoms. The van der Waals surface area contributed by atoms with Crippen molar-refractivity contribution in [1.82, 2.24) is 20.2 Å². The highest BCUT2D eigenvalue weighted by molar-refractivity contribution is 7.80. The number of rotatable bonds is 9. The Bertz CT molecular complexity index is 571. The van der Waals surface area contributed by atoms with Crippen LogP contribution in [0, 0.1) is 5.41 Å². The van der Waals surface area contributed by atoms with Gasteiger partial charge in [0.25, 0.3) is 0 Å². The average Bonchev–Trinajstić information content (AvgIpc) is 2.91. The van der Waals surface area contributed by atoms with Crippen LogP contribution in [0.1, 0.15) is 51.0 Å². The van der Waals surface area contributed by atoms with Crippen LogP contribution in [0.5, 0.6) is 0 Å². The first-order valence-electron chi connectivity index (χ1n) is 9.61. The maximum atomic E-state index is 7.74. The molecule has 7 nitrogen and oxygen atoms in total. The van der Waals surface area contributed by atoms with E-state index in [2.05, 4.69) is 37.7 Å². The lowest BCUT2D eigenvalue weighted by Crippen LogP contribution is -2.31. The van der Waals surface area contributed by atoms with E-state index in [1.54, 1.807) is 0 Å². The summed E-state index contributed by atoms with van der Waals surface area (Å²) in [6.45, 7) is 7.10. The molecule has 1 aromatic heterocycles. The third kappa shape index (κ3) is 6.84. The number of hydrogen-bond acceptors (Lipinski definition) is 6. The number of thiocarbonyl (C=S) groups is 1. The molecule has 0 unspecified atom stereocenters. The van der Waals surface area contributed by atoms with Gasteiger partial charge in [0, 0.05) is 25.8 Å². The molecule has 1 saturated heterocycles. The lowest BCUT2D eigenvalue weighted by Gasteiger charge is -2.20. The maximum absolute atomic E-state index is 7.74. The molecule has 1 aromatic rings. The van der Waals surface area contributed by atoms with Crippen molar-refractivity contribution in [3.05, 3.63) is 11.9 Å². The first-order valence-corrected chi connectivity index (χ1v) is 10.0. The second kappa shape index (κ2) is 11.7. The zero-order valence-corrected chi connectivity index (χ0v) is 16.5. The quantitative estimate of drug-likeness (QED) is 0.299. The van der Waals surface area contributed by atoms with E-state index >= 15 is 0 Å². The van der Waals surface area contributed by atoms with Gasteiger partial charge in [-0.1, -0.05) is 26.2 Å². The van der Waals surface area contributed by atoms with Crippen LogP contribution in [0.15, 0.2) is 6.33 Å². The SMILES string of the molecule is CCCCNC(=S)Nc1ncnc(NCCN2CCCCCC2)c1C=N. The molecule has 144 valence electrons. The van der Waals surface area contributed by atoms with E-state index in [-0.39, 0.29) is 0 Å². The summed E-state index contributed by atoms with van der Waals surface area (Å²) in [5.41, 5.74) is 0.628. The highest BCUT2D eigenvalue weighted by Crippen LogP contribution is 2.17. The van der Waals surface area contributed by atoms with E-state index in [4.69, 9.17) is 17.6 Å². The van der Waals surface area contributed by atoms with Gasteiger partial charge < -0.3 is 26.3 Å². The smallest absolute Gasteiger partial charge is 0.171 e. The normalized spacial score (nSPS) is 15.1. The van der Waals surface area contributed by atoms with E-state index in [0.29, 0.717) is 22.3 Å². The lowest BCUT2D eigenvalue weighted by atomic mass is 10.2. The Labute approximate surface area is 161 Å². The minimum absolute atomic E-state index is 0.524. The largest absolute Gasteiger partial charge is 0.368 e. The van der Waals surface area contributed by atoms with Crippen molar-refractivity contribution in [3.63, 3.8) is 0 Å². The molecule has 1 fully saturated rings. The maximum Gasteiger partial charge on any atom is 0.171 e. The van der Waals surface area contributed by atoms with Gasteiger partial charge in [0.15, 0.2) is 5.11 Å². The van der Waals surface area contributed by atoms with E-state index < -0.39 is 0 Å². The summed E-state index contributed by atoms with van der Waals surface area (Å²) >= 11 is 5.30. The van der Waals surface area contributed by atoms with Crippen LogP contribution < -0.4 is 16.0 Å². The molecule has 0 saturated carbocycles. The summed E-state index contributed by atoms with van der Waals surface area (Å²) in [5, 5.41) is 17.8. The Kier molecular flexibility index (Phi) is 9.27. The minimum Gasteiger partial charge on any atom is -0.368 e. The number of likely N-dealkylation sites (tertiary alicyclic amines) is 1. The lowest BCUT2D eigenvalue weighted by molar-refractivity contribution is 0.296. The highest BCUT2D eigenvalue weighted by Gasteiger charge is 2.12. The standard InChI is InChI=1S/C18H31N7S/c1-2-3-8-21-18(26)24-17-15(13-19)16(22-14-23-17)20-9-12-25-10-6-4-5-7-11-25/h13-14,19H,2-12H2,1H3,(H3,20,21,22,23,24,26). The van der Waals surface area contributed by atoms with Gasteiger partial charge >= 0.3 is 0 Å². The third-order valence-electron chi connectivity index (χ3n) is 4.50. The molecule has 1 aliphatic rings. The summed E-state index contributed by atoms with van der Waals surface area (Å²) < 4.78 is 0. The van der Waals surface area contributed by atoms with Crippen LogP contribution in [-0.4, -0.2) is 58.9 Å². The second-order valence-corrected chi connectivity index (χ2v) is 6.95. The van der Waals surface area contributed by atoms with Crippen molar-refractivity contribution in [1.29, 1.82) is 5.41 Å². The van der Waals surface area contributed by atoms with Crippen LogP contribution in [0.3, 0.4) is 0 Å². The molecule has 1 aliphatic heterocycles. The van der Waals surface area contributed by atoms with Crippen molar-refractivity contribution >= 4 is 35.2 Å². The Balaban J connectivity index is 1.89. The molecule has 2 rings (SSSR count). The first-order chi connectivity index (χ1) is 12.7. The number of nitrogens with one attached hydrogen (secondary N) is 4. The summed E-state index contributed by atoms with van der Waals surface area (Å²) in [6, 6.07) is 0. The predicted octanol–water partition coefficient (Wildman–Crippen LogP) is 2.85. The van der Waals surface area contributed by atoms with Gasteiger partial charge in [-0.05, 0) is 44.6 Å². The highest BCUT2D eigenvalue weighted by atomic mass is 32.1. The zero-order chi connectivity index (χ0) is 18.6. The van der Waals surface area contributed by atoms with Gasteiger partial charge in [-0.25, -0.2) is 9.97 Å². The fourth-order valence-corrected chi connectivity index (χ4v) is 3.19. The van der Waals surface area contributed by atoms with E-state index in [1.165, 1.54) is 51.3 Å². The van der Waals surface area contributed by atoms with Crippen molar-refractivity contribution < 1.29 is 0 Å². The summed E-state index contributed by atoms with van der Waals surface area (Å²) in [5.74, 6) is 1.23. The van der Waals surface area contributed by atoms with Gasteiger partial charge in [0.2, 0.25) is 0 Å². The molecule has 0 atom stereocenters. The Morgan fingerprint density at radius 2 is 1.92 bits per heavy atom. The van der Waals surface area contributed by atoms with Crippen LogP contribution in [0.25, 0.3) is 0 Å². The van der Waals surface area contributed by atoms with Gasteiger partial charge in [0.1, 0.15) is 18.0 Å². The van der Waals surface area contributed by atoms with Crippen LogP contribution >= 0.6 is 12.2 Å². The molecular weight excluding hydrogens is 346 g/mol. The topological polar surface area (TPSA) is 89.0 Å². The van der Waals surface area contributed by atoms with E-state index in [0.717, 1.165) is 32.5 Å². The van der Waals surface area contributed by atoms with Crippen molar-refractivity contribution in [2.45, 2.75) is 45.4 Å². The van der Waals surface area contributed by atoms with E-state index in [9.17, 15) is 0 Å². The number of aromatic nitrogens is 2. The first kappa shape index (κ1) is 20.5. The second-order valence-electron chi connectivity index (χ2n) is 6.55. The Morgan fingerprint density at radius 3 is 2.62 bits per heavy atom. The Hall–Kier alpha value is -1.80. The molecule has 8 heteroatoms. The average molecular weight is 378 g/mol. The fourth-order valence-electron chi connectivity index (χ4n) is 3.00.